The Hall–Kier alpha value is -1.51. The molecule has 0 fully saturated rings. The lowest BCUT2D eigenvalue weighted by Crippen LogP contribution is -2.38. The normalized spacial score (nSPS) is 16.6. The van der Waals surface area contributed by atoms with Crippen molar-refractivity contribution in [3.8, 4) is 0 Å². The number of carbonyl (C=O) groups is 1. The largest absolute Gasteiger partial charge is 0.373 e. The van der Waals surface area contributed by atoms with E-state index < -0.39 is 0 Å². The van der Waals surface area contributed by atoms with E-state index in [1.165, 1.54) is 31.2 Å². The number of anilines is 1. The molecule has 0 bridgehead atoms. The number of hydrogen-bond donors (Lipinski definition) is 2. The van der Waals surface area contributed by atoms with Crippen molar-refractivity contribution in [2.24, 2.45) is 5.92 Å². The molecule has 0 radical (unpaired) electrons. The molecular formula is C18H28N2O. The highest BCUT2D eigenvalue weighted by Crippen LogP contribution is 2.25. The molecule has 116 valence electrons. The average Bonchev–Trinajstić information content (AvgIpc) is 2.89. The van der Waals surface area contributed by atoms with Crippen LogP contribution in [0.2, 0.25) is 0 Å². The summed E-state index contributed by atoms with van der Waals surface area (Å²) in [5.74, 6) is 0.938. The summed E-state index contributed by atoms with van der Waals surface area (Å²) in [6, 6.07) is 8.06. The highest BCUT2D eigenvalue weighted by Gasteiger charge is 2.25. The zero-order chi connectivity index (χ0) is 15.1. The van der Waals surface area contributed by atoms with Crippen molar-refractivity contribution in [1.29, 1.82) is 0 Å². The molecular weight excluding hydrogens is 260 g/mol. The van der Waals surface area contributed by atoms with Gasteiger partial charge in [0, 0.05) is 18.7 Å². The average molecular weight is 288 g/mol. The van der Waals surface area contributed by atoms with Gasteiger partial charge in [0.15, 0.2) is 0 Å². The Balaban J connectivity index is 1.57. The number of para-hydroxylation sites is 1. The molecule has 1 aliphatic heterocycles. The topological polar surface area (TPSA) is 41.1 Å². The number of benzene rings is 1. The number of fused-ring (bicyclic) bond motifs is 1. The first-order chi connectivity index (χ1) is 10.2. The first-order valence-electron chi connectivity index (χ1n) is 8.29. The third-order valence-electron chi connectivity index (χ3n) is 4.10. The van der Waals surface area contributed by atoms with Crippen LogP contribution in [0, 0.1) is 5.92 Å². The highest BCUT2D eigenvalue weighted by molar-refractivity contribution is 5.87. The molecule has 0 aliphatic carbocycles. The fourth-order valence-corrected chi connectivity index (χ4v) is 2.82. The van der Waals surface area contributed by atoms with E-state index in [1.807, 2.05) is 18.2 Å². The van der Waals surface area contributed by atoms with Crippen LogP contribution in [-0.2, 0) is 11.2 Å². The van der Waals surface area contributed by atoms with E-state index >= 15 is 0 Å². The van der Waals surface area contributed by atoms with Crippen LogP contribution >= 0.6 is 0 Å². The molecule has 0 saturated carbocycles. The predicted octanol–water partition coefficient (Wildman–Crippen LogP) is 3.75. The molecule has 1 aromatic rings. The van der Waals surface area contributed by atoms with Crippen LogP contribution in [0.3, 0.4) is 0 Å². The highest BCUT2D eigenvalue weighted by atomic mass is 16.2. The zero-order valence-corrected chi connectivity index (χ0v) is 13.3. The van der Waals surface area contributed by atoms with Gasteiger partial charge in [-0.1, -0.05) is 57.7 Å². The Bertz CT molecular complexity index is 431. The van der Waals surface area contributed by atoms with Crippen LogP contribution in [0.15, 0.2) is 24.3 Å². The van der Waals surface area contributed by atoms with Gasteiger partial charge in [-0.05, 0) is 24.0 Å². The third kappa shape index (κ3) is 5.07. The van der Waals surface area contributed by atoms with E-state index in [2.05, 4.69) is 30.5 Å². The fraction of sp³-hybridized carbons (Fsp3) is 0.611. The van der Waals surface area contributed by atoms with E-state index in [4.69, 9.17) is 0 Å². The van der Waals surface area contributed by atoms with Gasteiger partial charge in [-0.15, -0.1) is 0 Å². The van der Waals surface area contributed by atoms with Crippen molar-refractivity contribution >= 4 is 11.6 Å². The maximum atomic E-state index is 12.1. The standard InChI is InChI=1S/C18H28N2O/c1-14(2)9-5-3-4-8-12-19-18(21)17-13-15-10-6-7-11-16(15)20-17/h6-7,10-11,14,17,20H,3-5,8-9,12-13H2,1-2H3,(H,19,21)/t17-/m0/s1. The molecule has 1 aromatic carbocycles. The zero-order valence-electron chi connectivity index (χ0n) is 13.3. The molecule has 0 unspecified atom stereocenters. The molecule has 2 N–H and O–H groups in total. The van der Waals surface area contributed by atoms with Crippen LogP contribution in [0.25, 0.3) is 0 Å². The minimum Gasteiger partial charge on any atom is -0.373 e. The van der Waals surface area contributed by atoms with Crippen molar-refractivity contribution in [2.45, 2.75) is 58.4 Å². The van der Waals surface area contributed by atoms with Gasteiger partial charge in [-0.25, -0.2) is 0 Å². The van der Waals surface area contributed by atoms with Crippen LogP contribution < -0.4 is 10.6 Å². The maximum absolute atomic E-state index is 12.1. The van der Waals surface area contributed by atoms with Gasteiger partial charge in [-0.3, -0.25) is 4.79 Å². The second kappa shape index (κ2) is 8.06. The Kier molecular flexibility index (Phi) is 6.09. The molecule has 21 heavy (non-hydrogen) atoms. The first kappa shape index (κ1) is 15.9. The Morgan fingerprint density at radius 1 is 1.24 bits per heavy atom. The molecule has 2 rings (SSSR count). The van der Waals surface area contributed by atoms with E-state index in [-0.39, 0.29) is 11.9 Å². The van der Waals surface area contributed by atoms with Crippen molar-refractivity contribution in [3.05, 3.63) is 29.8 Å². The summed E-state index contributed by atoms with van der Waals surface area (Å²) in [4.78, 5) is 12.1. The number of hydrogen-bond acceptors (Lipinski definition) is 2. The van der Waals surface area contributed by atoms with E-state index in [1.54, 1.807) is 0 Å². The minimum absolute atomic E-state index is 0.0941. The summed E-state index contributed by atoms with van der Waals surface area (Å²) in [6.45, 7) is 5.34. The smallest absolute Gasteiger partial charge is 0.242 e. The van der Waals surface area contributed by atoms with Gasteiger partial charge in [0.2, 0.25) is 5.91 Å². The van der Waals surface area contributed by atoms with Gasteiger partial charge in [0.05, 0.1) is 0 Å². The summed E-state index contributed by atoms with van der Waals surface area (Å²) in [6.07, 6.45) is 7.01. The van der Waals surface area contributed by atoms with E-state index in [0.29, 0.717) is 0 Å². The van der Waals surface area contributed by atoms with Crippen molar-refractivity contribution in [2.75, 3.05) is 11.9 Å². The van der Waals surface area contributed by atoms with Crippen molar-refractivity contribution in [1.82, 2.24) is 5.32 Å². The molecule has 3 nitrogen and oxygen atoms in total. The van der Waals surface area contributed by atoms with E-state index in [0.717, 1.165) is 31.0 Å². The molecule has 0 spiro atoms. The monoisotopic (exact) mass is 288 g/mol. The quantitative estimate of drug-likeness (QED) is 0.715. The summed E-state index contributed by atoms with van der Waals surface area (Å²) < 4.78 is 0. The molecule has 0 aromatic heterocycles. The van der Waals surface area contributed by atoms with Gasteiger partial charge in [-0.2, -0.15) is 0 Å². The van der Waals surface area contributed by atoms with Gasteiger partial charge >= 0.3 is 0 Å². The summed E-state index contributed by atoms with van der Waals surface area (Å²) in [7, 11) is 0. The van der Waals surface area contributed by atoms with Crippen LogP contribution in [0.1, 0.15) is 51.5 Å². The lowest BCUT2D eigenvalue weighted by atomic mass is 10.0. The first-order valence-corrected chi connectivity index (χ1v) is 8.29. The molecule has 3 heteroatoms. The Labute approximate surface area is 128 Å². The number of amides is 1. The second-order valence-electron chi connectivity index (χ2n) is 6.45. The molecule has 1 aliphatic rings. The van der Waals surface area contributed by atoms with Crippen molar-refractivity contribution < 1.29 is 4.79 Å². The minimum atomic E-state index is -0.0941. The Morgan fingerprint density at radius 2 is 2.00 bits per heavy atom. The summed E-state index contributed by atoms with van der Waals surface area (Å²) in [5, 5.41) is 6.35. The predicted molar refractivity (Wildman–Crippen MR) is 88.5 cm³/mol. The molecule has 0 saturated heterocycles. The molecule has 1 atom stereocenters. The lowest BCUT2D eigenvalue weighted by Gasteiger charge is -2.12. The number of nitrogens with one attached hydrogen (secondary N) is 2. The third-order valence-corrected chi connectivity index (χ3v) is 4.10. The Morgan fingerprint density at radius 3 is 2.76 bits per heavy atom. The van der Waals surface area contributed by atoms with E-state index in [9.17, 15) is 4.79 Å². The van der Waals surface area contributed by atoms with Gasteiger partial charge in [0.25, 0.3) is 0 Å². The van der Waals surface area contributed by atoms with Crippen LogP contribution in [0.5, 0.6) is 0 Å². The lowest BCUT2D eigenvalue weighted by molar-refractivity contribution is -0.121. The van der Waals surface area contributed by atoms with Gasteiger partial charge < -0.3 is 10.6 Å². The summed E-state index contributed by atoms with van der Waals surface area (Å²) >= 11 is 0. The van der Waals surface area contributed by atoms with Gasteiger partial charge in [0.1, 0.15) is 6.04 Å². The SMILES string of the molecule is CC(C)CCCCCCNC(=O)[C@@H]1Cc2ccccc2N1. The fourth-order valence-electron chi connectivity index (χ4n) is 2.82. The number of unbranched alkanes of at least 4 members (excludes halogenated alkanes) is 3. The molecule has 1 amide bonds. The second-order valence-corrected chi connectivity index (χ2v) is 6.45. The van der Waals surface area contributed by atoms with Crippen LogP contribution in [-0.4, -0.2) is 18.5 Å². The molecule has 1 heterocycles. The summed E-state index contributed by atoms with van der Waals surface area (Å²) in [5.41, 5.74) is 2.35. The van der Waals surface area contributed by atoms with Crippen LogP contribution in [0.4, 0.5) is 5.69 Å². The maximum Gasteiger partial charge on any atom is 0.242 e. The number of rotatable bonds is 8. The number of carbonyl (C=O) groups excluding carboxylic acids is 1. The van der Waals surface area contributed by atoms with Crippen molar-refractivity contribution in [3.63, 3.8) is 0 Å².